The smallest absolute Gasteiger partial charge is 0.409 e. The second kappa shape index (κ2) is 5.06. The topological polar surface area (TPSA) is 105 Å². The van der Waals surface area contributed by atoms with Crippen molar-refractivity contribution in [3.63, 3.8) is 0 Å². The minimum absolute atomic E-state index is 0.105. The Morgan fingerprint density at radius 3 is 2.87 bits per heavy atom. The van der Waals surface area contributed by atoms with Crippen molar-refractivity contribution in [2.75, 3.05) is 24.3 Å². The normalized spacial score (nSPS) is 9.67. The molecule has 0 radical (unpaired) electrons. The lowest BCUT2D eigenvalue weighted by Gasteiger charge is -2.08. The highest BCUT2D eigenvalue weighted by Gasteiger charge is 2.04. The summed E-state index contributed by atoms with van der Waals surface area (Å²) in [4.78, 5) is 10.4. The molecule has 6 heteroatoms. The lowest BCUT2D eigenvalue weighted by molar-refractivity contribution is 0.201. The fourth-order valence-corrected chi connectivity index (χ4v) is 1.01. The van der Waals surface area contributed by atoms with Crippen LogP contribution in [0.4, 0.5) is 16.2 Å². The van der Waals surface area contributed by atoms with Crippen LogP contribution in [-0.4, -0.2) is 29.5 Å². The Balaban J connectivity index is 2.80. The van der Waals surface area contributed by atoms with Crippen LogP contribution in [0, 0.1) is 0 Å². The van der Waals surface area contributed by atoms with E-state index < -0.39 is 6.09 Å². The van der Waals surface area contributed by atoms with E-state index in [4.69, 9.17) is 20.7 Å². The van der Waals surface area contributed by atoms with Gasteiger partial charge in [0.2, 0.25) is 0 Å². The van der Waals surface area contributed by atoms with Gasteiger partial charge in [0.05, 0.1) is 18.0 Å². The van der Waals surface area contributed by atoms with E-state index >= 15 is 0 Å². The first kappa shape index (κ1) is 11.1. The van der Waals surface area contributed by atoms with Crippen LogP contribution in [0.1, 0.15) is 0 Å². The maximum Gasteiger partial charge on any atom is 0.409 e. The molecule has 0 aliphatic rings. The fraction of sp³-hybridized carbons (Fsp3) is 0.222. The fourth-order valence-electron chi connectivity index (χ4n) is 1.01. The number of nitrogens with one attached hydrogen (secondary N) is 1. The summed E-state index contributed by atoms with van der Waals surface area (Å²) in [6, 6.07) is 4.58. The van der Waals surface area contributed by atoms with Crippen LogP contribution in [-0.2, 0) is 0 Å². The number of amides is 1. The van der Waals surface area contributed by atoms with E-state index in [1.165, 1.54) is 12.1 Å². The molecule has 15 heavy (non-hydrogen) atoms. The molecule has 0 spiro atoms. The van der Waals surface area contributed by atoms with Crippen LogP contribution >= 0.6 is 0 Å². The van der Waals surface area contributed by atoms with Gasteiger partial charge in [0.1, 0.15) is 12.4 Å². The first-order valence-electron chi connectivity index (χ1n) is 4.26. The van der Waals surface area contributed by atoms with Gasteiger partial charge >= 0.3 is 6.09 Å². The molecule has 0 fully saturated rings. The molecule has 0 atom stereocenters. The van der Waals surface area contributed by atoms with Gasteiger partial charge in [0, 0.05) is 6.07 Å². The summed E-state index contributed by atoms with van der Waals surface area (Å²) in [5, 5.41) is 19.2. The van der Waals surface area contributed by atoms with Crippen molar-refractivity contribution >= 4 is 17.5 Å². The third-order valence-corrected chi connectivity index (χ3v) is 1.63. The zero-order chi connectivity index (χ0) is 11.3. The highest BCUT2D eigenvalue weighted by atomic mass is 16.5. The number of nitrogens with two attached hydrogens (primary N) is 1. The number of carboxylic acid groups (broad SMARTS) is 1. The average molecular weight is 212 g/mol. The monoisotopic (exact) mass is 212 g/mol. The van der Waals surface area contributed by atoms with Crippen LogP contribution in [0.2, 0.25) is 0 Å². The Bertz CT molecular complexity index is 354. The van der Waals surface area contributed by atoms with Crippen molar-refractivity contribution in [1.82, 2.24) is 0 Å². The molecule has 1 aromatic carbocycles. The van der Waals surface area contributed by atoms with Gasteiger partial charge in [-0.1, -0.05) is 0 Å². The average Bonchev–Trinajstić information content (AvgIpc) is 2.18. The number of aliphatic hydroxyl groups excluding tert-OH is 1. The minimum Gasteiger partial charge on any atom is -0.491 e. The largest absolute Gasteiger partial charge is 0.491 e. The zero-order valence-electron chi connectivity index (χ0n) is 7.93. The van der Waals surface area contributed by atoms with Crippen LogP contribution in [0.5, 0.6) is 5.75 Å². The Morgan fingerprint density at radius 1 is 1.53 bits per heavy atom. The predicted molar refractivity (Wildman–Crippen MR) is 55.1 cm³/mol. The molecule has 0 saturated heterocycles. The molecule has 6 nitrogen and oxygen atoms in total. The Hall–Kier alpha value is -1.95. The molecule has 1 rings (SSSR count). The van der Waals surface area contributed by atoms with Crippen LogP contribution < -0.4 is 15.8 Å². The molecule has 82 valence electrons. The van der Waals surface area contributed by atoms with Gasteiger partial charge in [0.25, 0.3) is 0 Å². The van der Waals surface area contributed by atoms with Gasteiger partial charge in [-0.25, -0.2) is 4.79 Å². The minimum atomic E-state index is -1.19. The Morgan fingerprint density at radius 2 is 2.27 bits per heavy atom. The SMILES string of the molecule is Nc1ccc(OCCO)cc1NC(=O)O. The number of hydrogen-bond acceptors (Lipinski definition) is 4. The van der Waals surface area contributed by atoms with E-state index in [-0.39, 0.29) is 18.9 Å². The zero-order valence-corrected chi connectivity index (χ0v) is 7.93. The maximum absolute atomic E-state index is 10.4. The molecule has 5 N–H and O–H groups in total. The number of ether oxygens (including phenoxy) is 1. The highest BCUT2D eigenvalue weighted by Crippen LogP contribution is 2.24. The molecule has 0 saturated carbocycles. The summed E-state index contributed by atoms with van der Waals surface area (Å²) in [5.41, 5.74) is 6.11. The molecule has 1 amide bonds. The van der Waals surface area contributed by atoms with Crippen LogP contribution in [0.3, 0.4) is 0 Å². The molecular formula is C9H12N2O4. The number of nitrogen functional groups attached to an aromatic ring is 1. The van der Waals surface area contributed by atoms with Gasteiger partial charge < -0.3 is 20.7 Å². The summed E-state index contributed by atoms with van der Waals surface area (Å²) in [6.07, 6.45) is -1.19. The predicted octanol–water partition coefficient (Wildman–Crippen LogP) is 0.730. The summed E-state index contributed by atoms with van der Waals surface area (Å²) < 4.78 is 5.09. The summed E-state index contributed by atoms with van der Waals surface area (Å²) in [7, 11) is 0. The molecular weight excluding hydrogens is 200 g/mol. The first-order chi connectivity index (χ1) is 7.13. The van der Waals surface area contributed by atoms with Gasteiger partial charge in [-0.3, -0.25) is 5.32 Å². The molecule has 0 bridgehead atoms. The van der Waals surface area contributed by atoms with Gasteiger partial charge in [-0.15, -0.1) is 0 Å². The molecule has 0 heterocycles. The molecule has 0 aliphatic heterocycles. The van der Waals surface area contributed by atoms with Gasteiger partial charge in [-0.05, 0) is 12.1 Å². The van der Waals surface area contributed by atoms with Gasteiger partial charge in [-0.2, -0.15) is 0 Å². The van der Waals surface area contributed by atoms with E-state index in [0.717, 1.165) is 0 Å². The van der Waals surface area contributed by atoms with E-state index in [0.29, 0.717) is 11.4 Å². The third kappa shape index (κ3) is 3.35. The molecule has 1 aromatic rings. The summed E-state index contributed by atoms with van der Waals surface area (Å²) >= 11 is 0. The van der Waals surface area contributed by atoms with E-state index in [9.17, 15) is 4.79 Å². The number of rotatable bonds is 4. The Kier molecular flexibility index (Phi) is 3.75. The lowest BCUT2D eigenvalue weighted by Crippen LogP contribution is -2.10. The number of hydrogen-bond donors (Lipinski definition) is 4. The van der Waals surface area contributed by atoms with Crippen molar-refractivity contribution in [3.05, 3.63) is 18.2 Å². The molecule has 0 aliphatic carbocycles. The van der Waals surface area contributed by atoms with Gasteiger partial charge in [0.15, 0.2) is 0 Å². The lowest BCUT2D eigenvalue weighted by atomic mass is 10.2. The Labute approximate surface area is 86.3 Å². The van der Waals surface area contributed by atoms with Crippen molar-refractivity contribution in [2.24, 2.45) is 0 Å². The van der Waals surface area contributed by atoms with Crippen LogP contribution in [0.25, 0.3) is 0 Å². The second-order valence-corrected chi connectivity index (χ2v) is 2.75. The van der Waals surface area contributed by atoms with Crippen molar-refractivity contribution in [1.29, 1.82) is 0 Å². The van der Waals surface area contributed by atoms with Crippen molar-refractivity contribution in [3.8, 4) is 5.75 Å². The first-order valence-corrected chi connectivity index (χ1v) is 4.26. The standard InChI is InChI=1S/C9H12N2O4/c10-7-2-1-6(15-4-3-12)5-8(7)11-9(13)14/h1-2,5,11-12H,3-4,10H2,(H,13,14). The number of anilines is 2. The summed E-state index contributed by atoms with van der Waals surface area (Å²) in [6.45, 7) is 0.0441. The van der Waals surface area contributed by atoms with Crippen LogP contribution in [0.15, 0.2) is 18.2 Å². The second-order valence-electron chi connectivity index (χ2n) is 2.75. The van der Waals surface area contributed by atoms with E-state index in [1.807, 2.05) is 0 Å². The molecule has 0 unspecified atom stereocenters. The summed E-state index contributed by atoms with van der Waals surface area (Å²) in [5.74, 6) is 0.446. The van der Waals surface area contributed by atoms with Crippen molar-refractivity contribution in [2.45, 2.75) is 0 Å². The molecule has 0 aromatic heterocycles. The van der Waals surface area contributed by atoms with Crippen molar-refractivity contribution < 1.29 is 19.7 Å². The number of benzene rings is 1. The highest BCUT2D eigenvalue weighted by molar-refractivity contribution is 5.88. The maximum atomic E-state index is 10.4. The third-order valence-electron chi connectivity index (χ3n) is 1.63. The van der Waals surface area contributed by atoms with E-state index in [1.54, 1.807) is 6.07 Å². The number of carbonyl (C=O) groups is 1. The quantitative estimate of drug-likeness (QED) is 0.551. The number of aliphatic hydroxyl groups is 1. The van der Waals surface area contributed by atoms with E-state index in [2.05, 4.69) is 5.32 Å².